The summed E-state index contributed by atoms with van der Waals surface area (Å²) in [7, 11) is 0. The molecule has 0 bridgehead atoms. The van der Waals surface area contributed by atoms with Crippen molar-refractivity contribution in [3.8, 4) is 11.3 Å². The van der Waals surface area contributed by atoms with E-state index < -0.39 is 0 Å². The van der Waals surface area contributed by atoms with Crippen LogP contribution in [0, 0.1) is 0 Å². The number of pyridine rings is 1. The van der Waals surface area contributed by atoms with Gasteiger partial charge in [-0.2, -0.15) is 0 Å². The van der Waals surface area contributed by atoms with Gasteiger partial charge in [0.05, 0.1) is 10.4 Å². The highest BCUT2D eigenvalue weighted by Crippen LogP contribution is 2.27. The summed E-state index contributed by atoms with van der Waals surface area (Å²) in [5, 5.41) is 3.97. The molecule has 17 heavy (non-hydrogen) atoms. The van der Waals surface area contributed by atoms with Gasteiger partial charge in [-0.25, -0.2) is 0 Å². The number of hydrogen-bond acceptors (Lipinski definition) is 3. The normalized spacial score (nSPS) is 10.8. The van der Waals surface area contributed by atoms with Crippen molar-refractivity contribution in [3.63, 3.8) is 0 Å². The lowest BCUT2D eigenvalue weighted by Gasteiger charge is -2.01. The van der Waals surface area contributed by atoms with Gasteiger partial charge in [-0.05, 0) is 11.6 Å². The molecule has 3 nitrogen and oxygen atoms in total. The predicted octanol–water partition coefficient (Wildman–Crippen LogP) is 2.84. The highest BCUT2D eigenvalue weighted by molar-refractivity contribution is 7.15. The smallest absolute Gasteiger partial charge is 0.259 e. The molecule has 3 N–H and O–H groups in total. The number of rotatable bonds is 1. The first kappa shape index (κ1) is 10.1. The van der Waals surface area contributed by atoms with Crippen LogP contribution in [-0.2, 0) is 0 Å². The Balaban J connectivity index is 2.30. The number of nitrogen functional groups attached to an aromatic ring is 1. The van der Waals surface area contributed by atoms with E-state index in [4.69, 9.17) is 5.73 Å². The molecule has 3 rings (SSSR count). The molecule has 0 saturated heterocycles. The Labute approximate surface area is 102 Å². The maximum atomic E-state index is 11.9. The van der Waals surface area contributed by atoms with Gasteiger partial charge in [-0.1, -0.05) is 30.3 Å². The Morgan fingerprint density at radius 1 is 1.18 bits per heavy atom. The highest BCUT2D eigenvalue weighted by atomic mass is 32.1. The molecule has 0 saturated carbocycles. The first-order valence-electron chi connectivity index (χ1n) is 5.21. The minimum Gasteiger partial charge on any atom is -0.390 e. The van der Waals surface area contributed by atoms with Crippen LogP contribution in [0.4, 0.5) is 5.00 Å². The SMILES string of the molecule is Nc1scc2cc(-c3ccccc3)[nH]c(=O)c12. The molecule has 2 heterocycles. The summed E-state index contributed by atoms with van der Waals surface area (Å²) < 4.78 is 0. The lowest BCUT2D eigenvalue weighted by atomic mass is 10.1. The van der Waals surface area contributed by atoms with Gasteiger partial charge in [0, 0.05) is 16.5 Å². The molecule has 0 amide bonds. The van der Waals surface area contributed by atoms with Crippen molar-refractivity contribution in [1.29, 1.82) is 0 Å². The Kier molecular flexibility index (Phi) is 2.23. The summed E-state index contributed by atoms with van der Waals surface area (Å²) in [6.45, 7) is 0. The molecule has 84 valence electrons. The third-order valence-electron chi connectivity index (χ3n) is 2.71. The second-order valence-corrected chi connectivity index (χ2v) is 4.72. The first-order chi connectivity index (χ1) is 8.25. The summed E-state index contributed by atoms with van der Waals surface area (Å²) in [4.78, 5) is 14.8. The van der Waals surface area contributed by atoms with E-state index in [9.17, 15) is 4.79 Å². The van der Waals surface area contributed by atoms with Gasteiger partial charge >= 0.3 is 0 Å². The van der Waals surface area contributed by atoms with Crippen molar-refractivity contribution >= 4 is 27.1 Å². The fraction of sp³-hybridized carbons (Fsp3) is 0. The lowest BCUT2D eigenvalue weighted by molar-refractivity contribution is 1.28. The second kappa shape index (κ2) is 3.75. The summed E-state index contributed by atoms with van der Waals surface area (Å²) >= 11 is 1.39. The molecule has 0 radical (unpaired) electrons. The molecule has 0 fully saturated rings. The number of anilines is 1. The zero-order valence-electron chi connectivity index (χ0n) is 8.94. The zero-order chi connectivity index (χ0) is 11.8. The number of hydrogen-bond donors (Lipinski definition) is 2. The maximum Gasteiger partial charge on any atom is 0.259 e. The van der Waals surface area contributed by atoms with Crippen LogP contribution < -0.4 is 11.3 Å². The van der Waals surface area contributed by atoms with Crippen molar-refractivity contribution < 1.29 is 0 Å². The average molecular weight is 242 g/mol. The Bertz CT molecular complexity index is 728. The van der Waals surface area contributed by atoms with Crippen molar-refractivity contribution in [2.45, 2.75) is 0 Å². The largest absolute Gasteiger partial charge is 0.390 e. The predicted molar refractivity (Wildman–Crippen MR) is 72.3 cm³/mol. The van der Waals surface area contributed by atoms with E-state index >= 15 is 0 Å². The van der Waals surface area contributed by atoms with Crippen molar-refractivity contribution in [3.05, 3.63) is 52.1 Å². The molecule has 0 aliphatic heterocycles. The van der Waals surface area contributed by atoms with Gasteiger partial charge in [0.2, 0.25) is 0 Å². The van der Waals surface area contributed by atoms with E-state index in [1.54, 1.807) is 0 Å². The minimum absolute atomic E-state index is 0.125. The standard InChI is InChI=1S/C13H10N2OS/c14-12-11-9(7-17-12)6-10(15-13(11)16)8-4-2-1-3-5-8/h1-7H,14H2,(H,15,16). The third-order valence-corrected chi connectivity index (χ3v) is 3.54. The lowest BCUT2D eigenvalue weighted by Crippen LogP contribution is -2.07. The number of fused-ring (bicyclic) bond motifs is 1. The minimum atomic E-state index is -0.125. The van der Waals surface area contributed by atoms with Gasteiger partial charge in [0.25, 0.3) is 5.56 Å². The Hall–Kier alpha value is -2.07. The summed E-state index contributed by atoms with van der Waals surface area (Å²) in [6.07, 6.45) is 0. The van der Waals surface area contributed by atoms with Crippen molar-refractivity contribution in [2.24, 2.45) is 0 Å². The van der Waals surface area contributed by atoms with E-state index in [0.717, 1.165) is 16.6 Å². The van der Waals surface area contributed by atoms with E-state index in [2.05, 4.69) is 4.98 Å². The number of H-pyrrole nitrogens is 1. The van der Waals surface area contributed by atoms with Gasteiger partial charge in [-0.15, -0.1) is 11.3 Å². The van der Waals surface area contributed by atoms with Gasteiger partial charge < -0.3 is 10.7 Å². The van der Waals surface area contributed by atoms with Crippen LogP contribution in [0.1, 0.15) is 0 Å². The van der Waals surface area contributed by atoms with Crippen molar-refractivity contribution in [1.82, 2.24) is 4.98 Å². The fourth-order valence-corrected chi connectivity index (χ4v) is 2.65. The molecule has 0 aliphatic rings. The number of nitrogens with one attached hydrogen (secondary N) is 1. The van der Waals surface area contributed by atoms with E-state index in [1.165, 1.54) is 11.3 Å². The van der Waals surface area contributed by atoms with Crippen molar-refractivity contribution in [2.75, 3.05) is 5.73 Å². The number of aromatic amines is 1. The molecule has 4 heteroatoms. The quantitative estimate of drug-likeness (QED) is 0.689. The van der Waals surface area contributed by atoms with Gasteiger partial charge in [-0.3, -0.25) is 4.79 Å². The molecular weight excluding hydrogens is 232 g/mol. The summed E-state index contributed by atoms with van der Waals surface area (Å²) in [5.74, 6) is 0. The molecular formula is C13H10N2OS. The molecule has 0 aliphatic carbocycles. The number of aromatic nitrogens is 1. The highest BCUT2D eigenvalue weighted by Gasteiger charge is 2.08. The van der Waals surface area contributed by atoms with Gasteiger partial charge in [0.1, 0.15) is 0 Å². The molecule has 0 atom stereocenters. The average Bonchev–Trinajstić information content (AvgIpc) is 2.73. The number of nitrogens with two attached hydrogens (primary N) is 1. The Morgan fingerprint density at radius 3 is 2.71 bits per heavy atom. The fourth-order valence-electron chi connectivity index (χ4n) is 1.89. The van der Waals surface area contributed by atoms with E-state index in [0.29, 0.717) is 10.4 Å². The maximum absolute atomic E-state index is 11.9. The van der Waals surface area contributed by atoms with Crippen LogP contribution in [-0.4, -0.2) is 4.98 Å². The van der Waals surface area contributed by atoms with Crippen LogP contribution in [0.2, 0.25) is 0 Å². The molecule has 1 aromatic carbocycles. The Morgan fingerprint density at radius 2 is 1.94 bits per heavy atom. The first-order valence-corrected chi connectivity index (χ1v) is 6.09. The summed E-state index contributed by atoms with van der Waals surface area (Å²) in [6, 6.07) is 11.7. The van der Waals surface area contributed by atoms with Crippen LogP contribution in [0.3, 0.4) is 0 Å². The zero-order valence-corrected chi connectivity index (χ0v) is 9.75. The second-order valence-electron chi connectivity index (χ2n) is 3.81. The topological polar surface area (TPSA) is 58.9 Å². The monoisotopic (exact) mass is 242 g/mol. The van der Waals surface area contributed by atoms with E-state index in [-0.39, 0.29) is 5.56 Å². The van der Waals surface area contributed by atoms with Crippen LogP contribution in [0.15, 0.2) is 46.6 Å². The molecule has 0 unspecified atom stereocenters. The molecule has 2 aromatic heterocycles. The summed E-state index contributed by atoms with van der Waals surface area (Å²) in [5.41, 5.74) is 7.46. The van der Waals surface area contributed by atoms with Crippen LogP contribution in [0.5, 0.6) is 0 Å². The van der Waals surface area contributed by atoms with Crippen LogP contribution in [0.25, 0.3) is 22.0 Å². The third kappa shape index (κ3) is 1.62. The molecule has 3 aromatic rings. The molecule has 0 spiro atoms. The van der Waals surface area contributed by atoms with Crippen LogP contribution >= 0.6 is 11.3 Å². The van der Waals surface area contributed by atoms with E-state index in [1.807, 2.05) is 41.8 Å². The number of benzene rings is 1. The van der Waals surface area contributed by atoms with Gasteiger partial charge in [0.15, 0.2) is 0 Å². The number of thiophene rings is 1.